The summed E-state index contributed by atoms with van der Waals surface area (Å²) in [6, 6.07) is 5.62. The number of aromatic nitrogens is 1. The first kappa shape index (κ1) is 18.6. The van der Waals surface area contributed by atoms with E-state index in [0.717, 1.165) is 31.7 Å². The van der Waals surface area contributed by atoms with Gasteiger partial charge in [0.05, 0.1) is 19.3 Å². The molecule has 1 amide bonds. The molecule has 1 saturated heterocycles. The van der Waals surface area contributed by atoms with Crippen LogP contribution in [-0.2, 0) is 0 Å². The van der Waals surface area contributed by atoms with E-state index in [9.17, 15) is 4.79 Å². The van der Waals surface area contributed by atoms with Crippen LogP contribution in [0.4, 0.5) is 0 Å². The van der Waals surface area contributed by atoms with Gasteiger partial charge in [-0.2, -0.15) is 0 Å². The highest BCUT2D eigenvalue weighted by atomic mass is 16.6. The topological polar surface area (TPSA) is 86.1 Å². The van der Waals surface area contributed by atoms with Crippen molar-refractivity contribution < 1.29 is 23.4 Å². The number of carbonyl (C=O) groups excluding carboxylic acids is 1. The van der Waals surface area contributed by atoms with Gasteiger partial charge < -0.3 is 28.8 Å². The first-order chi connectivity index (χ1) is 13.7. The Morgan fingerprint density at radius 3 is 2.96 bits per heavy atom. The standard InChI is InChI=1S/C20H25N3O5/c1-23-7-4-14(5-8-23)12-26-15-2-3-17-18(10-15)28-16(13-27-17)11-22-19(24)20-21-6-9-25-20/h2-3,6,9-10,14,16H,4-5,7-8,11-13H2,1H3,(H,22,24)/t16-/m1/s1. The fraction of sp³-hybridized carbons (Fsp3) is 0.500. The fourth-order valence-electron chi connectivity index (χ4n) is 3.35. The maximum absolute atomic E-state index is 11.9. The maximum Gasteiger partial charge on any atom is 0.307 e. The second-order valence-electron chi connectivity index (χ2n) is 7.26. The number of piperidine rings is 1. The average molecular weight is 387 g/mol. The molecule has 2 aromatic rings. The monoisotopic (exact) mass is 387 g/mol. The van der Waals surface area contributed by atoms with Crippen molar-refractivity contribution in [2.75, 3.05) is 39.9 Å². The molecule has 0 saturated carbocycles. The Morgan fingerprint density at radius 2 is 2.18 bits per heavy atom. The summed E-state index contributed by atoms with van der Waals surface area (Å²) in [7, 11) is 2.15. The Kier molecular flexibility index (Phi) is 5.66. The SMILES string of the molecule is CN1CCC(COc2ccc3c(c2)O[C@H](CNC(=O)c2ncco2)CO3)CC1. The van der Waals surface area contributed by atoms with Crippen LogP contribution >= 0.6 is 0 Å². The molecule has 3 heterocycles. The number of hydrogen-bond donors (Lipinski definition) is 1. The van der Waals surface area contributed by atoms with E-state index in [1.165, 1.54) is 12.5 Å². The van der Waals surface area contributed by atoms with Crippen LogP contribution in [0.1, 0.15) is 23.5 Å². The third kappa shape index (κ3) is 4.56. The highest BCUT2D eigenvalue weighted by molar-refractivity contribution is 5.89. The number of rotatable bonds is 6. The summed E-state index contributed by atoms with van der Waals surface area (Å²) in [5.41, 5.74) is 0. The highest BCUT2D eigenvalue weighted by Gasteiger charge is 2.23. The second-order valence-corrected chi connectivity index (χ2v) is 7.26. The lowest BCUT2D eigenvalue weighted by Gasteiger charge is -2.29. The van der Waals surface area contributed by atoms with Crippen LogP contribution in [0, 0.1) is 5.92 Å². The first-order valence-electron chi connectivity index (χ1n) is 9.60. The lowest BCUT2D eigenvalue weighted by molar-refractivity contribution is 0.0765. The highest BCUT2D eigenvalue weighted by Crippen LogP contribution is 2.35. The molecule has 2 aliphatic rings. The number of carbonyl (C=O) groups is 1. The molecular formula is C20H25N3O5. The van der Waals surface area contributed by atoms with Gasteiger partial charge in [0.1, 0.15) is 24.7 Å². The van der Waals surface area contributed by atoms with Gasteiger partial charge in [-0.3, -0.25) is 4.79 Å². The third-order valence-electron chi connectivity index (χ3n) is 5.07. The van der Waals surface area contributed by atoms with Crippen molar-refractivity contribution in [1.29, 1.82) is 0 Å². The zero-order valence-electron chi connectivity index (χ0n) is 15.9. The van der Waals surface area contributed by atoms with E-state index in [1.807, 2.05) is 18.2 Å². The molecular weight excluding hydrogens is 362 g/mol. The molecule has 0 bridgehead atoms. The van der Waals surface area contributed by atoms with Gasteiger partial charge in [-0.05, 0) is 51.0 Å². The number of amides is 1. The van der Waals surface area contributed by atoms with E-state index in [4.69, 9.17) is 18.6 Å². The van der Waals surface area contributed by atoms with Crippen LogP contribution in [-0.4, -0.2) is 61.8 Å². The minimum atomic E-state index is -0.380. The molecule has 4 rings (SSSR count). The van der Waals surface area contributed by atoms with Crippen molar-refractivity contribution in [3.8, 4) is 17.2 Å². The van der Waals surface area contributed by atoms with Crippen molar-refractivity contribution in [3.05, 3.63) is 36.5 Å². The molecule has 150 valence electrons. The molecule has 0 aliphatic carbocycles. The fourth-order valence-corrected chi connectivity index (χ4v) is 3.35. The Balaban J connectivity index is 1.29. The summed E-state index contributed by atoms with van der Waals surface area (Å²) in [6.45, 7) is 3.60. The number of benzene rings is 1. The van der Waals surface area contributed by atoms with Gasteiger partial charge >= 0.3 is 5.91 Å². The number of hydrogen-bond acceptors (Lipinski definition) is 7. The van der Waals surface area contributed by atoms with Crippen LogP contribution in [0.3, 0.4) is 0 Å². The van der Waals surface area contributed by atoms with Crippen LogP contribution in [0.15, 0.2) is 35.1 Å². The van der Waals surface area contributed by atoms with Gasteiger partial charge in [0.15, 0.2) is 11.5 Å². The Hall–Kier alpha value is -2.74. The molecule has 2 aliphatic heterocycles. The molecule has 0 unspecified atom stereocenters. The summed E-state index contributed by atoms with van der Waals surface area (Å²) >= 11 is 0. The van der Waals surface area contributed by atoms with Gasteiger partial charge in [-0.25, -0.2) is 4.98 Å². The van der Waals surface area contributed by atoms with E-state index in [2.05, 4.69) is 22.2 Å². The molecule has 0 radical (unpaired) electrons. The molecule has 1 aromatic carbocycles. The Bertz CT molecular complexity index is 787. The number of oxazole rings is 1. The van der Waals surface area contributed by atoms with E-state index < -0.39 is 0 Å². The van der Waals surface area contributed by atoms with E-state index in [0.29, 0.717) is 37.2 Å². The zero-order chi connectivity index (χ0) is 19.3. The van der Waals surface area contributed by atoms with Crippen molar-refractivity contribution in [2.45, 2.75) is 18.9 Å². The van der Waals surface area contributed by atoms with E-state index >= 15 is 0 Å². The summed E-state index contributed by atoms with van der Waals surface area (Å²) < 4.78 is 22.7. The van der Waals surface area contributed by atoms with Crippen LogP contribution in [0.5, 0.6) is 17.2 Å². The molecule has 1 aromatic heterocycles. The minimum absolute atomic E-state index is 0.0294. The molecule has 8 nitrogen and oxygen atoms in total. The second kappa shape index (κ2) is 8.52. The predicted molar refractivity (Wildman–Crippen MR) is 101 cm³/mol. The summed E-state index contributed by atoms with van der Waals surface area (Å²) in [6.07, 6.45) is 4.81. The van der Waals surface area contributed by atoms with Gasteiger partial charge in [-0.15, -0.1) is 0 Å². The van der Waals surface area contributed by atoms with Crippen LogP contribution in [0.25, 0.3) is 0 Å². The zero-order valence-corrected chi connectivity index (χ0v) is 15.9. The molecule has 0 spiro atoms. The molecule has 1 fully saturated rings. The molecule has 28 heavy (non-hydrogen) atoms. The van der Waals surface area contributed by atoms with Crippen LogP contribution in [0.2, 0.25) is 0 Å². The predicted octanol–water partition coefficient (Wildman–Crippen LogP) is 1.96. The maximum atomic E-state index is 11.9. The van der Waals surface area contributed by atoms with Crippen LogP contribution < -0.4 is 19.5 Å². The lowest BCUT2D eigenvalue weighted by Crippen LogP contribution is -2.40. The summed E-state index contributed by atoms with van der Waals surface area (Å²) in [4.78, 5) is 18.1. The van der Waals surface area contributed by atoms with Crippen molar-refractivity contribution in [2.24, 2.45) is 5.92 Å². The van der Waals surface area contributed by atoms with Crippen molar-refractivity contribution >= 4 is 5.91 Å². The van der Waals surface area contributed by atoms with E-state index in [1.54, 1.807) is 0 Å². The Morgan fingerprint density at radius 1 is 1.32 bits per heavy atom. The molecule has 1 N–H and O–H groups in total. The molecule has 1 atom stereocenters. The van der Waals surface area contributed by atoms with Gasteiger partial charge in [0.2, 0.25) is 0 Å². The number of nitrogens with zero attached hydrogens (tertiary/aromatic N) is 2. The Labute approximate surface area is 163 Å². The van der Waals surface area contributed by atoms with E-state index in [-0.39, 0.29) is 17.9 Å². The summed E-state index contributed by atoms with van der Waals surface area (Å²) in [5.74, 6) is 2.31. The lowest BCUT2D eigenvalue weighted by atomic mass is 9.98. The largest absolute Gasteiger partial charge is 0.493 e. The van der Waals surface area contributed by atoms with Gasteiger partial charge in [0.25, 0.3) is 5.89 Å². The van der Waals surface area contributed by atoms with Gasteiger partial charge in [-0.1, -0.05) is 0 Å². The normalized spacial score (nSPS) is 20.0. The number of ether oxygens (including phenoxy) is 3. The van der Waals surface area contributed by atoms with Gasteiger partial charge in [0, 0.05) is 6.07 Å². The average Bonchev–Trinajstić information content (AvgIpc) is 3.26. The first-order valence-corrected chi connectivity index (χ1v) is 9.60. The summed E-state index contributed by atoms with van der Waals surface area (Å²) in [5, 5.41) is 2.74. The smallest absolute Gasteiger partial charge is 0.307 e. The quantitative estimate of drug-likeness (QED) is 0.811. The molecule has 8 heteroatoms. The van der Waals surface area contributed by atoms with Crippen molar-refractivity contribution in [3.63, 3.8) is 0 Å². The number of likely N-dealkylation sites (tertiary alicyclic amines) is 1. The minimum Gasteiger partial charge on any atom is -0.493 e. The van der Waals surface area contributed by atoms with Crippen molar-refractivity contribution in [1.82, 2.24) is 15.2 Å². The number of nitrogens with one attached hydrogen (secondary N) is 1. The third-order valence-corrected chi connectivity index (χ3v) is 5.07. The number of fused-ring (bicyclic) bond motifs is 1.